The lowest BCUT2D eigenvalue weighted by atomic mass is 10.1. The summed E-state index contributed by atoms with van der Waals surface area (Å²) in [6.07, 6.45) is 3.88. The summed E-state index contributed by atoms with van der Waals surface area (Å²) in [4.78, 5) is 20.4. The number of nitrogens with zero attached hydrogens (tertiary/aromatic N) is 7. The number of piperazine rings is 1. The smallest absolute Gasteiger partial charge is 0.217 e. The SMILES string of the molecule is Cc1ccccc1N1/C(=N/C#N)N2CCN(c3cnc4ccccc4n3)C[C@H]2C1C. The summed E-state index contributed by atoms with van der Waals surface area (Å²) in [5.41, 5.74) is 4.09. The minimum Gasteiger partial charge on any atom is -0.351 e. The Morgan fingerprint density at radius 2 is 1.83 bits per heavy atom. The molecule has 2 saturated heterocycles. The van der Waals surface area contributed by atoms with E-state index in [1.807, 2.05) is 48.8 Å². The second kappa shape index (κ2) is 7.30. The first kappa shape index (κ1) is 18.4. The van der Waals surface area contributed by atoms with E-state index < -0.39 is 0 Å². The Balaban J connectivity index is 1.48. The number of anilines is 2. The summed E-state index contributed by atoms with van der Waals surface area (Å²) in [6, 6.07) is 16.6. The van der Waals surface area contributed by atoms with Gasteiger partial charge in [0.25, 0.3) is 0 Å². The van der Waals surface area contributed by atoms with Crippen LogP contribution in [0, 0.1) is 18.4 Å². The fraction of sp³-hybridized carbons (Fsp3) is 0.304. The molecule has 1 aromatic heterocycles. The molecule has 7 nitrogen and oxygen atoms in total. The maximum Gasteiger partial charge on any atom is 0.217 e. The molecule has 1 unspecified atom stereocenters. The standard InChI is InChI=1S/C23H23N7/c1-16-7-3-6-10-20(16)30-17(2)21-14-28(11-12-29(21)23(30)26-15-24)22-13-25-18-8-4-5-9-19(18)27-22/h3-10,13,17,21H,11-12,14H2,1-2H3/b26-23+/t17?,21-/m0/s1. The molecule has 2 fully saturated rings. The van der Waals surface area contributed by atoms with E-state index in [9.17, 15) is 5.26 Å². The van der Waals surface area contributed by atoms with Crippen LogP contribution >= 0.6 is 0 Å². The van der Waals surface area contributed by atoms with Crippen molar-refractivity contribution in [1.82, 2.24) is 14.9 Å². The van der Waals surface area contributed by atoms with Gasteiger partial charge < -0.3 is 14.7 Å². The van der Waals surface area contributed by atoms with Crippen molar-refractivity contribution < 1.29 is 0 Å². The fourth-order valence-electron chi connectivity index (χ4n) is 4.60. The Kier molecular flexibility index (Phi) is 4.47. The van der Waals surface area contributed by atoms with Gasteiger partial charge in [-0.25, -0.2) is 4.98 Å². The number of aryl methyl sites for hydroxylation is 1. The number of aromatic nitrogens is 2. The number of benzene rings is 2. The van der Waals surface area contributed by atoms with Gasteiger partial charge in [-0.3, -0.25) is 4.98 Å². The molecule has 0 radical (unpaired) electrons. The zero-order valence-electron chi connectivity index (χ0n) is 17.1. The first-order valence-electron chi connectivity index (χ1n) is 10.2. The summed E-state index contributed by atoms with van der Waals surface area (Å²) in [6.45, 7) is 6.70. The molecule has 0 spiro atoms. The van der Waals surface area contributed by atoms with Crippen LogP contribution in [0.25, 0.3) is 11.0 Å². The van der Waals surface area contributed by atoms with Crippen molar-refractivity contribution >= 4 is 28.5 Å². The van der Waals surface area contributed by atoms with Crippen molar-refractivity contribution in [3.8, 4) is 6.19 Å². The Labute approximate surface area is 175 Å². The maximum atomic E-state index is 9.35. The average molecular weight is 397 g/mol. The van der Waals surface area contributed by atoms with Crippen molar-refractivity contribution in [1.29, 1.82) is 5.26 Å². The van der Waals surface area contributed by atoms with Gasteiger partial charge >= 0.3 is 0 Å². The number of nitriles is 1. The quantitative estimate of drug-likeness (QED) is 0.619. The van der Waals surface area contributed by atoms with E-state index >= 15 is 0 Å². The number of hydrogen-bond acceptors (Lipinski definition) is 5. The number of para-hydroxylation sites is 3. The van der Waals surface area contributed by atoms with E-state index in [0.29, 0.717) is 0 Å². The number of hydrogen-bond donors (Lipinski definition) is 0. The molecule has 2 atom stereocenters. The molecule has 2 aliphatic rings. The van der Waals surface area contributed by atoms with E-state index in [0.717, 1.165) is 48.1 Å². The molecule has 2 aliphatic heterocycles. The lowest BCUT2D eigenvalue weighted by molar-refractivity contribution is 0.288. The average Bonchev–Trinajstić information content (AvgIpc) is 3.05. The van der Waals surface area contributed by atoms with E-state index in [-0.39, 0.29) is 12.1 Å². The maximum absolute atomic E-state index is 9.35. The summed E-state index contributed by atoms with van der Waals surface area (Å²) in [5, 5.41) is 9.35. The van der Waals surface area contributed by atoms with Crippen molar-refractivity contribution in [3.63, 3.8) is 0 Å². The first-order valence-corrected chi connectivity index (χ1v) is 10.2. The Morgan fingerprint density at radius 1 is 1.07 bits per heavy atom. The molecule has 3 aromatic rings. The van der Waals surface area contributed by atoms with Crippen LogP contribution in [-0.2, 0) is 0 Å². The summed E-state index contributed by atoms with van der Waals surface area (Å²) in [7, 11) is 0. The Hall–Kier alpha value is -3.66. The highest BCUT2D eigenvalue weighted by atomic mass is 15.5. The van der Waals surface area contributed by atoms with Crippen LogP contribution in [0.3, 0.4) is 0 Å². The number of aliphatic imine (C=N–C) groups is 1. The van der Waals surface area contributed by atoms with Gasteiger partial charge in [0.1, 0.15) is 5.82 Å². The van der Waals surface area contributed by atoms with Gasteiger partial charge in [0.2, 0.25) is 12.2 Å². The Bertz CT molecular complexity index is 1170. The monoisotopic (exact) mass is 397 g/mol. The predicted octanol–water partition coefficient (Wildman–Crippen LogP) is 3.17. The second-order valence-corrected chi connectivity index (χ2v) is 7.83. The van der Waals surface area contributed by atoms with Crippen molar-refractivity contribution in [2.75, 3.05) is 29.4 Å². The summed E-state index contributed by atoms with van der Waals surface area (Å²) < 4.78 is 0. The molecular formula is C23H23N7. The van der Waals surface area contributed by atoms with Crippen LogP contribution in [0.4, 0.5) is 11.5 Å². The summed E-state index contributed by atoms with van der Waals surface area (Å²) >= 11 is 0. The predicted molar refractivity (Wildman–Crippen MR) is 118 cm³/mol. The second-order valence-electron chi connectivity index (χ2n) is 7.83. The molecule has 0 aliphatic carbocycles. The van der Waals surface area contributed by atoms with E-state index in [4.69, 9.17) is 4.98 Å². The van der Waals surface area contributed by atoms with Crippen molar-refractivity contribution in [2.45, 2.75) is 25.9 Å². The number of guanidine groups is 1. The third-order valence-electron chi connectivity index (χ3n) is 6.14. The van der Waals surface area contributed by atoms with Gasteiger partial charge in [-0.15, -0.1) is 4.99 Å². The third kappa shape index (κ3) is 2.92. The molecule has 5 rings (SSSR count). The molecule has 2 aromatic carbocycles. The highest BCUT2D eigenvalue weighted by molar-refractivity contribution is 6.00. The molecule has 3 heterocycles. The molecule has 0 saturated carbocycles. The van der Waals surface area contributed by atoms with Crippen LogP contribution in [0.2, 0.25) is 0 Å². The van der Waals surface area contributed by atoms with Gasteiger partial charge in [-0.1, -0.05) is 30.3 Å². The fourth-order valence-corrected chi connectivity index (χ4v) is 4.60. The van der Waals surface area contributed by atoms with Gasteiger partial charge in [0, 0.05) is 25.3 Å². The molecule has 0 bridgehead atoms. The Morgan fingerprint density at radius 3 is 2.63 bits per heavy atom. The lowest BCUT2D eigenvalue weighted by Gasteiger charge is -2.38. The van der Waals surface area contributed by atoms with Gasteiger partial charge in [0.05, 0.1) is 29.3 Å². The largest absolute Gasteiger partial charge is 0.351 e. The highest BCUT2D eigenvalue weighted by Gasteiger charge is 2.45. The molecular weight excluding hydrogens is 374 g/mol. The van der Waals surface area contributed by atoms with Crippen molar-refractivity contribution in [2.24, 2.45) is 4.99 Å². The zero-order chi connectivity index (χ0) is 20.7. The van der Waals surface area contributed by atoms with Gasteiger partial charge in [-0.05, 0) is 37.6 Å². The van der Waals surface area contributed by atoms with Crippen LogP contribution in [0.5, 0.6) is 0 Å². The third-order valence-corrected chi connectivity index (χ3v) is 6.14. The molecule has 0 amide bonds. The normalized spacial score (nSPS) is 22.4. The first-order chi connectivity index (χ1) is 14.7. The van der Waals surface area contributed by atoms with Gasteiger partial charge in [-0.2, -0.15) is 5.26 Å². The van der Waals surface area contributed by atoms with Crippen molar-refractivity contribution in [3.05, 3.63) is 60.3 Å². The zero-order valence-corrected chi connectivity index (χ0v) is 17.1. The van der Waals surface area contributed by atoms with E-state index in [1.54, 1.807) is 0 Å². The van der Waals surface area contributed by atoms with E-state index in [1.165, 1.54) is 5.56 Å². The molecule has 0 N–H and O–H groups in total. The van der Waals surface area contributed by atoms with E-state index in [2.05, 4.69) is 50.7 Å². The minimum atomic E-state index is 0.175. The summed E-state index contributed by atoms with van der Waals surface area (Å²) in [5.74, 6) is 1.64. The number of fused-ring (bicyclic) bond motifs is 2. The van der Waals surface area contributed by atoms with Crippen LogP contribution < -0.4 is 9.80 Å². The molecule has 30 heavy (non-hydrogen) atoms. The topological polar surface area (TPSA) is 71.7 Å². The highest BCUT2D eigenvalue weighted by Crippen LogP contribution is 2.34. The minimum absolute atomic E-state index is 0.175. The molecule has 7 heteroatoms. The number of rotatable bonds is 2. The van der Waals surface area contributed by atoms with Gasteiger partial charge in [0.15, 0.2) is 0 Å². The van der Waals surface area contributed by atoms with Crippen LogP contribution in [-0.4, -0.2) is 52.5 Å². The van der Waals surface area contributed by atoms with Crippen LogP contribution in [0.15, 0.2) is 59.7 Å². The molecule has 150 valence electrons. The lowest BCUT2D eigenvalue weighted by Crippen LogP contribution is -2.54. The van der Waals surface area contributed by atoms with Crippen LogP contribution in [0.1, 0.15) is 12.5 Å².